The quantitative estimate of drug-likeness (QED) is 0.302. The second-order valence-corrected chi connectivity index (χ2v) is 10.5. The predicted molar refractivity (Wildman–Crippen MR) is 151 cm³/mol. The van der Waals surface area contributed by atoms with Crippen LogP contribution in [0.15, 0.2) is 67.1 Å². The zero-order chi connectivity index (χ0) is 26.1. The minimum absolute atomic E-state index is 0.303. The van der Waals surface area contributed by atoms with Gasteiger partial charge in [0.1, 0.15) is 11.8 Å². The SMILES string of the molecule is C[C@@H]1CN(CCCCc2cc(-c3ccc4cn(Cc5ccccc5)nc4c3)c3c(N)ncnn23)C[C@H](C)O1. The van der Waals surface area contributed by atoms with Gasteiger partial charge in [0, 0.05) is 35.9 Å². The number of aryl methyl sites for hydroxylation is 1. The first-order valence-electron chi connectivity index (χ1n) is 13.5. The van der Waals surface area contributed by atoms with E-state index >= 15 is 0 Å². The van der Waals surface area contributed by atoms with E-state index in [0.717, 1.165) is 78.7 Å². The molecule has 0 unspecified atom stereocenters. The summed E-state index contributed by atoms with van der Waals surface area (Å²) < 4.78 is 9.84. The van der Waals surface area contributed by atoms with Crippen molar-refractivity contribution in [2.75, 3.05) is 25.4 Å². The van der Waals surface area contributed by atoms with E-state index in [2.05, 4.69) is 83.6 Å². The van der Waals surface area contributed by atoms with Crippen LogP contribution in [0.3, 0.4) is 0 Å². The number of hydrogen-bond donors (Lipinski definition) is 1. The van der Waals surface area contributed by atoms with Gasteiger partial charge in [0.25, 0.3) is 0 Å². The van der Waals surface area contributed by atoms with E-state index in [1.54, 1.807) is 6.33 Å². The zero-order valence-electron chi connectivity index (χ0n) is 22.1. The minimum atomic E-state index is 0.303. The highest BCUT2D eigenvalue weighted by atomic mass is 16.5. The Hall–Kier alpha value is -3.75. The molecule has 3 aromatic heterocycles. The monoisotopic (exact) mass is 509 g/mol. The van der Waals surface area contributed by atoms with Crippen LogP contribution in [-0.4, -0.2) is 61.1 Å². The number of hydrogen-bond acceptors (Lipinski definition) is 6. The van der Waals surface area contributed by atoms with Gasteiger partial charge < -0.3 is 10.5 Å². The number of nitrogens with zero attached hydrogens (tertiary/aromatic N) is 6. The molecule has 0 aliphatic carbocycles. The lowest BCUT2D eigenvalue weighted by atomic mass is 10.0. The highest BCUT2D eigenvalue weighted by Gasteiger charge is 2.22. The summed E-state index contributed by atoms with van der Waals surface area (Å²) in [6, 6.07) is 19.0. The van der Waals surface area contributed by atoms with Crippen LogP contribution in [0, 0.1) is 0 Å². The van der Waals surface area contributed by atoms with Crippen molar-refractivity contribution in [3.8, 4) is 11.1 Å². The molecule has 2 N–H and O–H groups in total. The van der Waals surface area contributed by atoms with Crippen molar-refractivity contribution < 1.29 is 4.74 Å². The second kappa shape index (κ2) is 10.6. The van der Waals surface area contributed by atoms with Gasteiger partial charge in [-0.15, -0.1) is 0 Å². The van der Waals surface area contributed by atoms with Crippen molar-refractivity contribution in [3.63, 3.8) is 0 Å². The van der Waals surface area contributed by atoms with Crippen LogP contribution in [0.25, 0.3) is 27.5 Å². The molecule has 6 rings (SSSR count). The summed E-state index contributed by atoms with van der Waals surface area (Å²) in [5.41, 5.74) is 12.7. The molecule has 0 saturated carbocycles. The smallest absolute Gasteiger partial charge is 0.151 e. The number of unbranched alkanes of at least 4 members (excludes halogenated alkanes) is 1. The van der Waals surface area contributed by atoms with Crippen molar-refractivity contribution >= 4 is 22.2 Å². The molecule has 0 spiro atoms. The Labute approximate surface area is 223 Å². The van der Waals surface area contributed by atoms with Crippen LogP contribution in [0.2, 0.25) is 0 Å². The molecular weight excluding hydrogens is 474 g/mol. The number of benzene rings is 2. The van der Waals surface area contributed by atoms with Crippen LogP contribution in [-0.2, 0) is 17.7 Å². The van der Waals surface area contributed by atoms with E-state index in [-0.39, 0.29) is 0 Å². The summed E-state index contributed by atoms with van der Waals surface area (Å²) >= 11 is 0. The number of nitrogens with two attached hydrogens (primary N) is 1. The van der Waals surface area contributed by atoms with Crippen LogP contribution in [0.4, 0.5) is 5.82 Å². The second-order valence-electron chi connectivity index (χ2n) is 10.5. The maximum absolute atomic E-state index is 6.38. The summed E-state index contributed by atoms with van der Waals surface area (Å²) in [6.45, 7) is 8.17. The van der Waals surface area contributed by atoms with Gasteiger partial charge in [0.2, 0.25) is 0 Å². The number of aromatic nitrogens is 5. The van der Waals surface area contributed by atoms with Gasteiger partial charge >= 0.3 is 0 Å². The van der Waals surface area contributed by atoms with Gasteiger partial charge in [-0.1, -0.05) is 42.5 Å². The van der Waals surface area contributed by atoms with E-state index in [1.165, 1.54) is 5.56 Å². The number of morpholine rings is 1. The number of rotatable bonds is 8. The van der Waals surface area contributed by atoms with Gasteiger partial charge in [0.15, 0.2) is 5.82 Å². The largest absolute Gasteiger partial charge is 0.382 e. The maximum atomic E-state index is 6.38. The Morgan fingerprint density at radius 1 is 1.00 bits per heavy atom. The van der Waals surface area contributed by atoms with Crippen LogP contribution >= 0.6 is 0 Å². The predicted octanol–water partition coefficient (Wildman–Crippen LogP) is 4.81. The van der Waals surface area contributed by atoms with Crippen molar-refractivity contribution in [2.45, 2.75) is 51.9 Å². The zero-order valence-corrected chi connectivity index (χ0v) is 22.1. The number of anilines is 1. The first-order valence-corrected chi connectivity index (χ1v) is 13.5. The standard InChI is InChI=1S/C30H35N7O/c1-21-16-35(17-22(2)38-21)13-7-6-10-26-15-27(29-30(31)32-20-33-37(26)29)24-11-12-25-19-36(34-28(25)14-24)18-23-8-4-3-5-9-23/h3-5,8-9,11-12,14-15,19-22H,6-7,10,13,16-18H2,1-2H3,(H2,31,32,33)/t21-,22+. The highest BCUT2D eigenvalue weighted by Crippen LogP contribution is 2.32. The van der Waals surface area contributed by atoms with Crippen molar-refractivity contribution in [2.24, 2.45) is 0 Å². The Morgan fingerprint density at radius 2 is 1.82 bits per heavy atom. The lowest BCUT2D eigenvalue weighted by Crippen LogP contribution is -2.45. The molecule has 0 radical (unpaired) electrons. The highest BCUT2D eigenvalue weighted by molar-refractivity contribution is 5.92. The molecule has 5 aromatic rings. The van der Waals surface area contributed by atoms with E-state index in [0.29, 0.717) is 18.0 Å². The maximum Gasteiger partial charge on any atom is 0.151 e. The Balaban J connectivity index is 1.22. The summed E-state index contributed by atoms with van der Waals surface area (Å²) in [5.74, 6) is 0.493. The molecule has 2 aromatic carbocycles. The molecule has 8 nitrogen and oxygen atoms in total. The first kappa shape index (κ1) is 24.6. The Morgan fingerprint density at radius 3 is 2.63 bits per heavy atom. The average Bonchev–Trinajstić information content (AvgIpc) is 3.48. The molecule has 0 bridgehead atoms. The number of ether oxygens (including phenoxy) is 1. The number of fused-ring (bicyclic) bond motifs is 2. The fourth-order valence-electron chi connectivity index (χ4n) is 5.73. The van der Waals surface area contributed by atoms with Gasteiger partial charge in [-0.05, 0) is 62.9 Å². The molecular formula is C30H35N7O. The van der Waals surface area contributed by atoms with E-state index in [9.17, 15) is 0 Å². The van der Waals surface area contributed by atoms with Gasteiger partial charge in [-0.25, -0.2) is 9.50 Å². The van der Waals surface area contributed by atoms with Crippen molar-refractivity contribution in [3.05, 3.63) is 78.4 Å². The van der Waals surface area contributed by atoms with Crippen LogP contribution < -0.4 is 5.73 Å². The fraction of sp³-hybridized carbons (Fsp3) is 0.367. The van der Waals surface area contributed by atoms with Crippen molar-refractivity contribution in [1.29, 1.82) is 0 Å². The van der Waals surface area contributed by atoms with Crippen LogP contribution in [0.5, 0.6) is 0 Å². The number of nitrogen functional groups attached to an aromatic ring is 1. The molecule has 1 saturated heterocycles. The average molecular weight is 510 g/mol. The molecule has 38 heavy (non-hydrogen) atoms. The molecule has 0 amide bonds. The van der Waals surface area contributed by atoms with Gasteiger partial charge in [-0.2, -0.15) is 10.2 Å². The molecule has 4 heterocycles. The molecule has 1 fully saturated rings. The van der Waals surface area contributed by atoms with E-state index < -0.39 is 0 Å². The molecule has 196 valence electrons. The van der Waals surface area contributed by atoms with E-state index in [1.807, 2.05) is 15.3 Å². The molecule has 1 aliphatic rings. The summed E-state index contributed by atoms with van der Waals surface area (Å²) in [7, 11) is 0. The third-order valence-electron chi connectivity index (χ3n) is 7.36. The normalized spacial score (nSPS) is 18.5. The third-order valence-corrected chi connectivity index (χ3v) is 7.36. The summed E-state index contributed by atoms with van der Waals surface area (Å²) in [5, 5.41) is 10.5. The molecule has 2 atom stereocenters. The third kappa shape index (κ3) is 5.14. The van der Waals surface area contributed by atoms with Gasteiger partial charge in [-0.3, -0.25) is 9.58 Å². The van der Waals surface area contributed by atoms with Crippen LogP contribution in [0.1, 0.15) is 37.9 Å². The molecule has 8 heteroatoms. The Bertz CT molecular complexity index is 1530. The first-order chi connectivity index (χ1) is 18.5. The van der Waals surface area contributed by atoms with Crippen molar-refractivity contribution in [1.82, 2.24) is 29.3 Å². The lowest BCUT2D eigenvalue weighted by molar-refractivity contribution is -0.0681. The summed E-state index contributed by atoms with van der Waals surface area (Å²) in [6.07, 6.45) is 7.39. The Kier molecular flexibility index (Phi) is 6.82. The minimum Gasteiger partial charge on any atom is -0.382 e. The fourth-order valence-corrected chi connectivity index (χ4v) is 5.73. The van der Waals surface area contributed by atoms with E-state index in [4.69, 9.17) is 15.6 Å². The summed E-state index contributed by atoms with van der Waals surface area (Å²) in [4.78, 5) is 6.82. The molecule has 1 aliphatic heterocycles. The lowest BCUT2D eigenvalue weighted by Gasteiger charge is -2.35. The van der Waals surface area contributed by atoms with Gasteiger partial charge in [0.05, 0.1) is 24.3 Å². The topological polar surface area (TPSA) is 86.5 Å².